The van der Waals surface area contributed by atoms with Crippen LogP contribution in [0.25, 0.3) is 0 Å². The third-order valence-electron chi connectivity index (χ3n) is 3.75. The molecule has 0 bridgehead atoms. The summed E-state index contributed by atoms with van der Waals surface area (Å²) in [5.41, 5.74) is -0.285. The third kappa shape index (κ3) is 12.1. The predicted molar refractivity (Wildman–Crippen MR) is 110 cm³/mol. The molecule has 0 spiro atoms. The molecule has 29 heavy (non-hydrogen) atoms. The number of carbonyl (C=O) groups excluding carboxylic acids is 3. The van der Waals surface area contributed by atoms with E-state index in [2.05, 4.69) is 0 Å². The van der Waals surface area contributed by atoms with Crippen molar-refractivity contribution in [3.05, 3.63) is 35.9 Å². The van der Waals surface area contributed by atoms with Crippen LogP contribution < -0.4 is 0 Å². The first-order valence-electron chi connectivity index (χ1n) is 9.94. The zero-order valence-corrected chi connectivity index (χ0v) is 18.4. The quantitative estimate of drug-likeness (QED) is 0.328. The number of hydrogen-bond donors (Lipinski definition) is 0. The molecule has 0 amide bonds. The fourth-order valence-corrected chi connectivity index (χ4v) is 2.62. The van der Waals surface area contributed by atoms with Gasteiger partial charge in [0.25, 0.3) is 0 Å². The first-order chi connectivity index (χ1) is 13.4. The van der Waals surface area contributed by atoms with Gasteiger partial charge in [0, 0.05) is 12.5 Å². The van der Waals surface area contributed by atoms with E-state index in [9.17, 15) is 14.4 Å². The lowest BCUT2D eigenvalue weighted by atomic mass is 9.94. The van der Waals surface area contributed by atoms with Crippen molar-refractivity contribution >= 4 is 17.7 Å². The standard InChI is InChI=1S/C23H34O6/c1-22(2,3)28-20(25)14-18(19(24)15-21(26)29-23(4,5)6)12-13-27-16-17-10-8-7-9-11-17/h7-11,18H,12-16H2,1-6H3/t18-/m0/s1. The summed E-state index contributed by atoms with van der Waals surface area (Å²) in [7, 11) is 0. The first-order valence-corrected chi connectivity index (χ1v) is 9.94. The molecule has 0 saturated heterocycles. The maximum Gasteiger partial charge on any atom is 0.313 e. The van der Waals surface area contributed by atoms with E-state index >= 15 is 0 Å². The van der Waals surface area contributed by atoms with Crippen molar-refractivity contribution in [2.75, 3.05) is 6.61 Å². The highest BCUT2D eigenvalue weighted by atomic mass is 16.6. The zero-order valence-electron chi connectivity index (χ0n) is 18.4. The molecule has 0 aliphatic heterocycles. The van der Waals surface area contributed by atoms with Crippen LogP contribution in [-0.4, -0.2) is 35.5 Å². The Bertz CT molecular complexity index is 667. The summed E-state index contributed by atoms with van der Waals surface area (Å²) in [6.07, 6.45) is -0.134. The molecule has 162 valence electrons. The average Bonchev–Trinajstić information content (AvgIpc) is 2.55. The van der Waals surface area contributed by atoms with Crippen molar-refractivity contribution in [1.82, 2.24) is 0 Å². The number of ether oxygens (including phenoxy) is 3. The molecular weight excluding hydrogens is 372 g/mol. The van der Waals surface area contributed by atoms with Gasteiger partial charge in [-0.15, -0.1) is 0 Å². The number of carbonyl (C=O) groups is 3. The molecule has 6 nitrogen and oxygen atoms in total. The lowest BCUT2D eigenvalue weighted by molar-refractivity contribution is -0.161. The smallest absolute Gasteiger partial charge is 0.313 e. The average molecular weight is 407 g/mol. The van der Waals surface area contributed by atoms with Crippen LogP contribution in [-0.2, 0) is 35.2 Å². The number of esters is 2. The van der Waals surface area contributed by atoms with Crippen LogP contribution in [0, 0.1) is 5.92 Å². The van der Waals surface area contributed by atoms with E-state index in [0.29, 0.717) is 19.6 Å². The third-order valence-corrected chi connectivity index (χ3v) is 3.75. The first kappa shape index (κ1) is 24.8. The molecule has 6 heteroatoms. The summed E-state index contributed by atoms with van der Waals surface area (Å²) in [4.78, 5) is 36.9. The molecular formula is C23H34O6. The van der Waals surface area contributed by atoms with Crippen molar-refractivity contribution in [3.8, 4) is 0 Å². The largest absolute Gasteiger partial charge is 0.460 e. The van der Waals surface area contributed by atoms with Gasteiger partial charge in [-0.05, 0) is 53.5 Å². The van der Waals surface area contributed by atoms with E-state index in [1.807, 2.05) is 30.3 Å². The Kier molecular flexibility index (Phi) is 9.50. The summed E-state index contributed by atoms with van der Waals surface area (Å²) in [5, 5.41) is 0. The molecule has 0 aromatic heterocycles. The Labute approximate surface area is 173 Å². The van der Waals surface area contributed by atoms with Gasteiger partial charge in [0.05, 0.1) is 13.0 Å². The second-order valence-electron chi connectivity index (χ2n) is 9.04. The highest BCUT2D eigenvalue weighted by Gasteiger charge is 2.28. The lowest BCUT2D eigenvalue weighted by Gasteiger charge is -2.23. The van der Waals surface area contributed by atoms with Crippen molar-refractivity contribution in [3.63, 3.8) is 0 Å². The van der Waals surface area contributed by atoms with Gasteiger partial charge in [-0.25, -0.2) is 0 Å². The Morgan fingerprint density at radius 2 is 1.41 bits per heavy atom. The normalized spacial score (nSPS) is 12.9. The van der Waals surface area contributed by atoms with Crippen LogP contribution in [0.4, 0.5) is 0 Å². The van der Waals surface area contributed by atoms with Gasteiger partial charge < -0.3 is 14.2 Å². The Hall–Kier alpha value is -2.21. The molecule has 1 atom stereocenters. The highest BCUT2D eigenvalue weighted by Crippen LogP contribution is 2.19. The maximum atomic E-state index is 12.6. The minimum absolute atomic E-state index is 0.0897. The number of hydrogen-bond acceptors (Lipinski definition) is 6. The summed E-state index contributed by atoms with van der Waals surface area (Å²) < 4.78 is 16.2. The van der Waals surface area contributed by atoms with Gasteiger partial charge in [0.2, 0.25) is 0 Å². The predicted octanol–water partition coefficient (Wildman–Crippen LogP) is 4.24. The van der Waals surface area contributed by atoms with E-state index < -0.39 is 29.1 Å². The van der Waals surface area contributed by atoms with Gasteiger partial charge >= 0.3 is 11.9 Å². The van der Waals surface area contributed by atoms with Crippen molar-refractivity contribution in [1.29, 1.82) is 0 Å². The Balaban J connectivity index is 2.65. The van der Waals surface area contributed by atoms with E-state index in [1.54, 1.807) is 41.5 Å². The van der Waals surface area contributed by atoms with Crippen molar-refractivity contribution < 1.29 is 28.6 Å². The molecule has 0 N–H and O–H groups in total. The molecule has 0 unspecified atom stereocenters. The SMILES string of the molecule is CC(C)(C)OC(=O)CC(=O)[C@@H](CCOCc1ccccc1)CC(=O)OC(C)(C)C. The molecule has 0 aliphatic rings. The van der Waals surface area contributed by atoms with E-state index in [-0.39, 0.29) is 18.6 Å². The molecule has 0 heterocycles. The second-order valence-corrected chi connectivity index (χ2v) is 9.04. The van der Waals surface area contributed by atoms with Crippen LogP contribution >= 0.6 is 0 Å². The van der Waals surface area contributed by atoms with Gasteiger partial charge in [0.1, 0.15) is 23.4 Å². The number of rotatable bonds is 10. The van der Waals surface area contributed by atoms with E-state index in [0.717, 1.165) is 5.56 Å². The van der Waals surface area contributed by atoms with E-state index in [1.165, 1.54) is 0 Å². The molecule has 1 rings (SSSR count). The second kappa shape index (κ2) is 11.1. The van der Waals surface area contributed by atoms with Gasteiger partial charge in [-0.3, -0.25) is 14.4 Å². The molecule has 0 fully saturated rings. The van der Waals surface area contributed by atoms with Crippen molar-refractivity contribution in [2.45, 2.75) is 78.6 Å². The van der Waals surface area contributed by atoms with Crippen LogP contribution in [0.1, 0.15) is 66.4 Å². The fourth-order valence-electron chi connectivity index (χ4n) is 2.62. The van der Waals surface area contributed by atoms with Gasteiger partial charge in [0.15, 0.2) is 0 Å². The monoisotopic (exact) mass is 406 g/mol. The van der Waals surface area contributed by atoms with E-state index in [4.69, 9.17) is 14.2 Å². The van der Waals surface area contributed by atoms with Crippen LogP contribution in [0.5, 0.6) is 0 Å². The summed E-state index contributed by atoms with van der Waals surface area (Å²) in [6.45, 7) is 11.2. The zero-order chi connectivity index (χ0) is 22.1. The minimum atomic E-state index is -0.670. The molecule has 0 radical (unpaired) electrons. The van der Waals surface area contributed by atoms with Crippen LogP contribution in [0.2, 0.25) is 0 Å². The summed E-state index contributed by atoms with van der Waals surface area (Å²) >= 11 is 0. The summed E-state index contributed by atoms with van der Waals surface area (Å²) in [5.74, 6) is -2.06. The Morgan fingerprint density at radius 3 is 1.97 bits per heavy atom. The fraction of sp³-hybridized carbons (Fsp3) is 0.609. The highest BCUT2D eigenvalue weighted by molar-refractivity contribution is 5.98. The molecule has 0 saturated carbocycles. The molecule has 1 aromatic rings. The summed E-state index contributed by atoms with van der Waals surface area (Å²) in [6, 6.07) is 9.68. The topological polar surface area (TPSA) is 78.9 Å². The number of Topliss-reactive ketones (excluding diaryl/α,β-unsaturated/α-hetero) is 1. The van der Waals surface area contributed by atoms with Gasteiger partial charge in [-0.2, -0.15) is 0 Å². The van der Waals surface area contributed by atoms with Crippen molar-refractivity contribution in [2.24, 2.45) is 5.92 Å². The van der Waals surface area contributed by atoms with Gasteiger partial charge in [-0.1, -0.05) is 30.3 Å². The Morgan fingerprint density at radius 1 is 0.862 bits per heavy atom. The number of benzene rings is 1. The maximum absolute atomic E-state index is 12.6. The van der Waals surface area contributed by atoms with Crippen LogP contribution in [0.3, 0.4) is 0 Å². The molecule has 0 aliphatic carbocycles. The molecule has 1 aromatic carbocycles. The minimum Gasteiger partial charge on any atom is -0.460 e. The lowest BCUT2D eigenvalue weighted by Crippen LogP contribution is -2.30. The number of ketones is 1. The van der Waals surface area contributed by atoms with Crippen LogP contribution in [0.15, 0.2) is 30.3 Å².